The Morgan fingerprint density at radius 1 is 1.53 bits per heavy atom. The molecule has 17 heavy (non-hydrogen) atoms. The highest BCUT2D eigenvalue weighted by Crippen LogP contribution is 2.30. The van der Waals surface area contributed by atoms with Gasteiger partial charge in [0.2, 0.25) is 5.91 Å². The summed E-state index contributed by atoms with van der Waals surface area (Å²) < 4.78 is 0.714. The van der Waals surface area contributed by atoms with Crippen LogP contribution in [0.25, 0.3) is 0 Å². The Morgan fingerprint density at radius 3 is 2.88 bits per heavy atom. The van der Waals surface area contributed by atoms with Crippen molar-refractivity contribution >= 4 is 39.1 Å². The van der Waals surface area contributed by atoms with Gasteiger partial charge in [0.05, 0.1) is 15.2 Å². The van der Waals surface area contributed by atoms with Crippen LogP contribution in [0, 0.1) is 5.92 Å². The van der Waals surface area contributed by atoms with Gasteiger partial charge in [-0.1, -0.05) is 31.5 Å². The van der Waals surface area contributed by atoms with Crippen LogP contribution in [0.15, 0.2) is 22.7 Å². The highest BCUT2D eigenvalue weighted by molar-refractivity contribution is 9.10. The minimum atomic E-state index is -0.0826. The van der Waals surface area contributed by atoms with Crippen molar-refractivity contribution in [1.29, 1.82) is 0 Å². The first kappa shape index (κ1) is 14.5. The SMILES string of the molecule is CCNCC(C)C(=O)Nc1cccc(Cl)c1Br. The third-order valence-electron chi connectivity index (χ3n) is 2.36. The van der Waals surface area contributed by atoms with Crippen molar-refractivity contribution in [3.63, 3.8) is 0 Å². The molecule has 1 aromatic rings. The molecule has 94 valence electrons. The van der Waals surface area contributed by atoms with E-state index >= 15 is 0 Å². The number of halogens is 2. The Morgan fingerprint density at radius 2 is 2.24 bits per heavy atom. The smallest absolute Gasteiger partial charge is 0.228 e. The van der Waals surface area contributed by atoms with Gasteiger partial charge in [0.1, 0.15) is 0 Å². The number of anilines is 1. The second-order valence-electron chi connectivity index (χ2n) is 3.80. The van der Waals surface area contributed by atoms with Crippen LogP contribution in [-0.4, -0.2) is 19.0 Å². The molecule has 0 spiro atoms. The van der Waals surface area contributed by atoms with Crippen LogP contribution < -0.4 is 10.6 Å². The number of hydrogen-bond acceptors (Lipinski definition) is 2. The Labute approximate surface area is 115 Å². The van der Waals surface area contributed by atoms with E-state index in [-0.39, 0.29) is 11.8 Å². The van der Waals surface area contributed by atoms with Crippen LogP contribution >= 0.6 is 27.5 Å². The number of carbonyl (C=O) groups excluding carboxylic acids is 1. The molecule has 0 aliphatic rings. The lowest BCUT2D eigenvalue weighted by Gasteiger charge is -2.13. The summed E-state index contributed by atoms with van der Waals surface area (Å²) in [6.07, 6.45) is 0. The van der Waals surface area contributed by atoms with Crippen molar-refractivity contribution in [2.45, 2.75) is 13.8 Å². The van der Waals surface area contributed by atoms with Crippen molar-refractivity contribution < 1.29 is 4.79 Å². The summed E-state index contributed by atoms with van der Waals surface area (Å²) in [6.45, 7) is 5.42. The molecule has 1 rings (SSSR count). The van der Waals surface area contributed by atoms with Crippen molar-refractivity contribution in [3.05, 3.63) is 27.7 Å². The molecule has 1 aromatic carbocycles. The molecule has 0 saturated carbocycles. The van der Waals surface area contributed by atoms with Crippen LogP contribution in [0.2, 0.25) is 5.02 Å². The number of amides is 1. The first-order valence-electron chi connectivity index (χ1n) is 5.51. The van der Waals surface area contributed by atoms with Crippen LogP contribution in [0.5, 0.6) is 0 Å². The van der Waals surface area contributed by atoms with Crippen LogP contribution in [0.4, 0.5) is 5.69 Å². The predicted molar refractivity (Wildman–Crippen MR) is 75.5 cm³/mol. The Balaban J connectivity index is 2.64. The van der Waals surface area contributed by atoms with E-state index in [2.05, 4.69) is 26.6 Å². The van der Waals surface area contributed by atoms with Gasteiger partial charge in [-0.05, 0) is 34.6 Å². The summed E-state index contributed by atoms with van der Waals surface area (Å²) in [5.74, 6) is -0.102. The maximum Gasteiger partial charge on any atom is 0.228 e. The van der Waals surface area contributed by atoms with E-state index in [4.69, 9.17) is 11.6 Å². The molecule has 3 nitrogen and oxygen atoms in total. The van der Waals surface area contributed by atoms with Gasteiger partial charge in [-0.15, -0.1) is 0 Å². The van der Waals surface area contributed by atoms with Crippen molar-refractivity contribution in [3.8, 4) is 0 Å². The summed E-state index contributed by atoms with van der Waals surface area (Å²) >= 11 is 9.30. The molecule has 0 heterocycles. The number of carbonyl (C=O) groups is 1. The molecule has 2 N–H and O–H groups in total. The lowest BCUT2D eigenvalue weighted by molar-refractivity contribution is -0.119. The van der Waals surface area contributed by atoms with Gasteiger partial charge in [0.25, 0.3) is 0 Å². The maximum atomic E-state index is 11.9. The molecule has 0 bridgehead atoms. The van der Waals surface area contributed by atoms with Crippen molar-refractivity contribution in [2.24, 2.45) is 5.92 Å². The molecule has 0 aliphatic heterocycles. The topological polar surface area (TPSA) is 41.1 Å². The number of nitrogens with one attached hydrogen (secondary N) is 2. The van der Waals surface area contributed by atoms with Gasteiger partial charge in [-0.3, -0.25) is 4.79 Å². The molecule has 1 amide bonds. The highest BCUT2D eigenvalue weighted by atomic mass is 79.9. The Hall–Kier alpha value is -0.580. The fraction of sp³-hybridized carbons (Fsp3) is 0.417. The first-order chi connectivity index (χ1) is 8.06. The van der Waals surface area contributed by atoms with E-state index in [0.717, 1.165) is 6.54 Å². The second kappa shape index (κ2) is 6.99. The molecule has 0 aliphatic carbocycles. The van der Waals surface area contributed by atoms with Crippen LogP contribution in [0.1, 0.15) is 13.8 Å². The lowest BCUT2D eigenvalue weighted by Crippen LogP contribution is -2.30. The first-order valence-corrected chi connectivity index (χ1v) is 6.69. The average Bonchev–Trinajstić information content (AvgIpc) is 2.31. The maximum absolute atomic E-state index is 11.9. The van der Waals surface area contributed by atoms with E-state index < -0.39 is 0 Å². The van der Waals surface area contributed by atoms with Crippen LogP contribution in [-0.2, 0) is 4.79 Å². The van der Waals surface area contributed by atoms with E-state index in [0.29, 0.717) is 21.7 Å². The molecular weight excluding hydrogens is 304 g/mol. The standard InChI is InChI=1S/C12H16BrClN2O/c1-3-15-7-8(2)12(17)16-10-6-4-5-9(14)11(10)13/h4-6,8,15H,3,7H2,1-2H3,(H,16,17). The van der Waals surface area contributed by atoms with Gasteiger partial charge in [0, 0.05) is 12.5 Å². The van der Waals surface area contributed by atoms with Gasteiger partial charge < -0.3 is 10.6 Å². The van der Waals surface area contributed by atoms with Crippen molar-refractivity contribution in [1.82, 2.24) is 5.32 Å². The fourth-order valence-corrected chi connectivity index (χ4v) is 1.85. The third-order valence-corrected chi connectivity index (χ3v) is 3.76. The summed E-state index contributed by atoms with van der Waals surface area (Å²) in [5, 5.41) is 6.58. The van der Waals surface area contributed by atoms with E-state index in [9.17, 15) is 4.79 Å². The molecule has 0 fully saturated rings. The second-order valence-corrected chi connectivity index (χ2v) is 5.00. The summed E-state index contributed by atoms with van der Waals surface area (Å²) in [4.78, 5) is 11.9. The Kier molecular flexibility index (Phi) is 5.95. The largest absolute Gasteiger partial charge is 0.325 e. The molecule has 0 radical (unpaired) electrons. The Bertz CT molecular complexity index is 398. The third kappa shape index (κ3) is 4.30. The molecule has 1 atom stereocenters. The quantitative estimate of drug-likeness (QED) is 0.874. The van der Waals surface area contributed by atoms with Gasteiger partial charge in [0.15, 0.2) is 0 Å². The van der Waals surface area contributed by atoms with Gasteiger partial charge in [-0.25, -0.2) is 0 Å². The monoisotopic (exact) mass is 318 g/mol. The predicted octanol–water partition coefficient (Wildman–Crippen LogP) is 3.29. The van der Waals surface area contributed by atoms with Crippen LogP contribution in [0.3, 0.4) is 0 Å². The van der Waals surface area contributed by atoms with E-state index in [1.54, 1.807) is 12.1 Å². The molecule has 5 heteroatoms. The van der Waals surface area contributed by atoms with Gasteiger partial charge >= 0.3 is 0 Å². The van der Waals surface area contributed by atoms with Gasteiger partial charge in [-0.2, -0.15) is 0 Å². The van der Waals surface area contributed by atoms with E-state index in [1.807, 2.05) is 19.9 Å². The molecule has 1 unspecified atom stereocenters. The average molecular weight is 320 g/mol. The number of hydrogen-bond donors (Lipinski definition) is 2. The molecular formula is C12H16BrClN2O. The summed E-state index contributed by atoms with van der Waals surface area (Å²) in [6, 6.07) is 5.38. The number of benzene rings is 1. The fourth-order valence-electron chi connectivity index (χ4n) is 1.31. The van der Waals surface area contributed by atoms with Crippen molar-refractivity contribution in [2.75, 3.05) is 18.4 Å². The summed E-state index contributed by atoms with van der Waals surface area (Å²) in [7, 11) is 0. The zero-order valence-corrected chi connectivity index (χ0v) is 12.2. The molecule has 0 saturated heterocycles. The lowest BCUT2D eigenvalue weighted by atomic mass is 10.1. The summed E-state index contributed by atoms with van der Waals surface area (Å²) in [5.41, 5.74) is 0.700. The molecule has 0 aromatic heterocycles. The zero-order chi connectivity index (χ0) is 12.8. The highest BCUT2D eigenvalue weighted by Gasteiger charge is 2.14. The normalized spacial score (nSPS) is 12.2. The minimum absolute atomic E-state index is 0.0195. The minimum Gasteiger partial charge on any atom is -0.325 e. The zero-order valence-electron chi connectivity index (χ0n) is 9.89. The number of rotatable bonds is 5. The van der Waals surface area contributed by atoms with E-state index in [1.165, 1.54) is 0 Å².